The molecule has 0 saturated heterocycles. The van der Waals surface area contributed by atoms with E-state index in [0.717, 1.165) is 18.1 Å². The Kier molecular flexibility index (Phi) is 6.92. The van der Waals surface area contributed by atoms with Crippen molar-refractivity contribution in [2.45, 2.75) is 38.5 Å². The maximum atomic E-state index is 12.1. The van der Waals surface area contributed by atoms with Gasteiger partial charge in [-0.1, -0.05) is 13.8 Å². The molecule has 5 nitrogen and oxygen atoms in total. The summed E-state index contributed by atoms with van der Waals surface area (Å²) >= 11 is 1.70. The van der Waals surface area contributed by atoms with E-state index in [4.69, 9.17) is 4.42 Å². The molecule has 1 heterocycles. The molecule has 0 fully saturated rings. The van der Waals surface area contributed by atoms with Crippen molar-refractivity contribution in [3.05, 3.63) is 17.9 Å². The molecule has 1 aromatic heterocycles. The molecule has 1 atom stereocenters. The maximum absolute atomic E-state index is 12.1. The van der Waals surface area contributed by atoms with Gasteiger partial charge in [-0.15, -0.1) is 0 Å². The lowest BCUT2D eigenvalue weighted by atomic mass is 10.4. The third-order valence-electron chi connectivity index (χ3n) is 2.38. The molecule has 0 spiro atoms. The Balaban J connectivity index is 2.63. The summed E-state index contributed by atoms with van der Waals surface area (Å²) in [6.07, 6.45) is 0. The Morgan fingerprint density at radius 3 is 2.74 bits per heavy atom. The zero-order chi connectivity index (χ0) is 14.3. The van der Waals surface area contributed by atoms with Gasteiger partial charge >= 0.3 is 0 Å². The number of thioether (sulfide) groups is 1. The second kappa shape index (κ2) is 7.94. The van der Waals surface area contributed by atoms with Gasteiger partial charge in [-0.2, -0.15) is 11.8 Å². The Morgan fingerprint density at radius 1 is 1.37 bits per heavy atom. The highest BCUT2D eigenvalue weighted by molar-refractivity contribution is 7.99. The first-order chi connectivity index (χ1) is 8.99. The number of sulfonamides is 1. The summed E-state index contributed by atoms with van der Waals surface area (Å²) in [5.41, 5.74) is 0. The van der Waals surface area contributed by atoms with Crippen molar-refractivity contribution >= 4 is 21.8 Å². The molecule has 0 aromatic carbocycles. The number of hydrogen-bond acceptors (Lipinski definition) is 5. The lowest BCUT2D eigenvalue weighted by molar-refractivity contribution is 0.400. The van der Waals surface area contributed by atoms with E-state index in [2.05, 4.69) is 10.0 Å². The van der Waals surface area contributed by atoms with Crippen LogP contribution in [0.1, 0.15) is 26.5 Å². The predicted molar refractivity (Wildman–Crippen MR) is 78.9 cm³/mol. The molecule has 1 rings (SSSR count). The average Bonchev–Trinajstić information content (AvgIpc) is 2.83. The van der Waals surface area contributed by atoms with E-state index in [1.54, 1.807) is 17.8 Å². The Labute approximate surface area is 119 Å². The number of furan rings is 1. The van der Waals surface area contributed by atoms with E-state index >= 15 is 0 Å². The summed E-state index contributed by atoms with van der Waals surface area (Å²) in [7, 11) is -3.55. The van der Waals surface area contributed by atoms with E-state index in [1.807, 2.05) is 20.8 Å². The van der Waals surface area contributed by atoms with Gasteiger partial charge in [0.2, 0.25) is 5.09 Å². The van der Waals surface area contributed by atoms with Gasteiger partial charge in [0.05, 0.1) is 6.54 Å². The first-order valence-electron chi connectivity index (χ1n) is 6.39. The molecule has 2 N–H and O–H groups in total. The van der Waals surface area contributed by atoms with E-state index in [-0.39, 0.29) is 11.1 Å². The van der Waals surface area contributed by atoms with E-state index in [0.29, 0.717) is 12.3 Å². The second-order valence-corrected chi connectivity index (χ2v) is 7.15. The van der Waals surface area contributed by atoms with Crippen molar-refractivity contribution in [2.75, 3.05) is 18.1 Å². The fraction of sp³-hybridized carbons (Fsp3) is 0.667. The highest BCUT2D eigenvalue weighted by Gasteiger charge is 2.21. The first kappa shape index (κ1) is 16.6. The first-order valence-corrected chi connectivity index (χ1v) is 9.02. The number of nitrogens with one attached hydrogen (secondary N) is 2. The van der Waals surface area contributed by atoms with Crippen LogP contribution in [-0.2, 0) is 16.6 Å². The maximum Gasteiger partial charge on any atom is 0.274 e. The zero-order valence-corrected chi connectivity index (χ0v) is 13.2. The van der Waals surface area contributed by atoms with Gasteiger partial charge in [-0.3, -0.25) is 0 Å². The normalized spacial score (nSPS) is 13.6. The van der Waals surface area contributed by atoms with Crippen molar-refractivity contribution in [3.63, 3.8) is 0 Å². The van der Waals surface area contributed by atoms with Crippen molar-refractivity contribution in [1.29, 1.82) is 0 Å². The van der Waals surface area contributed by atoms with Crippen LogP contribution in [0.2, 0.25) is 0 Å². The third-order valence-corrected chi connectivity index (χ3v) is 4.99. The van der Waals surface area contributed by atoms with Gasteiger partial charge < -0.3 is 9.73 Å². The molecular formula is C12H22N2O3S2. The monoisotopic (exact) mass is 306 g/mol. The summed E-state index contributed by atoms with van der Waals surface area (Å²) in [6, 6.07) is 3.06. The van der Waals surface area contributed by atoms with Crippen molar-refractivity contribution in [3.8, 4) is 0 Å². The molecule has 0 aliphatic rings. The summed E-state index contributed by atoms with van der Waals surface area (Å²) in [5, 5.41) is 3.07. The molecular weight excluding hydrogens is 284 g/mol. The SMILES string of the molecule is CCNCc1ccc(S(=O)(=O)NC(C)CSCC)o1. The molecule has 0 aliphatic heterocycles. The molecule has 0 aliphatic carbocycles. The zero-order valence-electron chi connectivity index (χ0n) is 11.6. The van der Waals surface area contributed by atoms with Gasteiger partial charge in [0.25, 0.3) is 10.0 Å². The standard InChI is InChI=1S/C12H22N2O3S2/c1-4-13-8-11-6-7-12(17-11)19(15,16)14-10(3)9-18-5-2/h6-7,10,13-14H,4-5,8-9H2,1-3H3. The predicted octanol–water partition coefficient (Wildman–Crippen LogP) is 1.81. The summed E-state index contributed by atoms with van der Waals surface area (Å²) in [5.74, 6) is 2.35. The van der Waals surface area contributed by atoms with Crippen LogP contribution in [0.25, 0.3) is 0 Å². The average molecular weight is 306 g/mol. The molecule has 0 bridgehead atoms. The molecule has 19 heavy (non-hydrogen) atoms. The van der Waals surface area contributed by atoms with Gasteiger partial charge in [0, 0.05) is 11.8 Å². The Bertz CT molecular complexity index is 471. The minimum atomic E-state index is -3.55. The van der Waals surface area contributed by atoms with E-state index < -0.39 is 10.0 Å². The minimum absolute atomic E-state index is 0.0197. The van der Waals surface area contributed by atoms with E-state index in [1.165, 1.54) is 6.07 Å². The third kappa shape index (κ3) is 5.56. The van der Waals surface area contributed by atoms with Gasteiger partial charge in [0.15, 0.2) is 0 Å². The number of hydrogen-bond donors (Lipinski definition) is 2. The summed E-state index contributed by atoms with van der Waals surface area (Å²) in [4.78, 5) is 0. The second-order valence-electron chi connectivity index (χ2n) is 4.18. The molecule has 1 aromatic rings. The lowest BCUT2D eigenvalue weighted by Gasteiger charge is -2.11. The fourth-order valence-electron chi connectivity index (χ4n) is 1.50. The largest absolute Gasteiger partial charge is 0.447 e. The molecule has 110 valence electrons. The molecule has 0 radical (unpaired) electrons. The summed E-state index contributed by atoms with van der Waals surface area (Å²) in [6.45, 7) is 7.23. The molecule has 0 saturated carbocycles. The molecule has 1 unspecified atom stereocenters. The van der Waals surface area contributed by atoms with Gasteiger partial charge in [-0.05, 0) is 31.4 Å². The topological polar surface area (TPSA) is 71.3 Å². The quantitative estimate of drug-likeness (QED) is 0.728. The van der Waals surface area contributed by atoms with Crippen LogP contribution >= 0.6 is 11.8 Å². The molecule has 7 heteroatoms. The summed E-state index contributed by atoms with van der Waals surface area (Å²) < 4.78 is 32.1. The van der Waals surface area contributed by atoms with Crippen LogP contribution in [0.4, 0.5) is 0 Å². The van der Waals surface area contributed by atoms with Crippen molar-refractivity contribution in [2.24, 2.45) is 0 Å². The molecule has 0 amide bonds. The highest BCUT2D eigenvalue weighted by Crippen LogP contribution is 2.14. The van der Waals surface area contributed by atoms with Crippen molar-refractivity contribution in [1.82, 2.24) is 10.0 Å². The smallest absolute Gasteiger partial charge is 0.274 e. The fourth-order valence-corrected chi connectivity index (χ4v) is 3.47. The van der Waals surface area contributed by atoms with Crippen molar-refractivity contribution < 1.29 is 12.8 Å². The Hall–Kier alpha value is -0.500. The van der Waals surface area contributed by atoms with Gasteiger partial charge in [-0.25, -0.2) is 13.1 Å². The van der Waals surface area contributed by atoms with Crippen LogP contribution in [0.5, 0.6) is 0 Å². The van der Waals surface area contributed by atoms with Crippen LogP contribution in [0, 0.1) is 0 Å². The van der Waals surface area contributed by atoms with Crippen LogP contribution < -0.4 is 10.0 Å². The van der Waals surface area contributed by atoms with Crippen LogP contribution in [0.15, 0.2) is 21.6 Å². The highest BCUT2D eigenvalue weighted by atomic mass is 32.2. The van der Waals surface area contributed by atoms with Crippen LogP contribution in [0.3, 0.4) is 0 Å². The minimum Gasteiger partial charge on any atom is -0.447 e. The van der Waals surface area contributed by atoms with Crippen LogP contribution in [-0.4, -0.2) is 32.5 Å². The lowest BCUT2D eigenvalue weighted by Crippen LogP contribution is -2.34. The van der Waals surface area contributed by atoms with E-state index in [9.17, 15) is 8.42 Å². The number of rotatable bonds is 9. The Morgan fingerprint density at radius 2 is 2.11 bits per heavy atom. The van der Waals surface area contributed by atoms with Gasteiger partial charge in [0.1, 0.15) is 5.76 Å².